The number of hydrogen-bond donors (Lipinski definition) is 1. The minimum atomic E-state index is 0.152. The van der Waals surface area contributed by atoms with Crippen molar-refractivity contribution in [3.8, 4) is 0 Å². The Morgan fingerprint density at radius 3 is 1.60 bits per heavy atom. The molecule has 15 heavy (non-hydrogen) atoms. The van der Waals surface area contributed by atoms with E-state index < -0.39 is 0 Å². The second-order valence-electron chi connectivity index (χ2n) is 4.73. The van der Waals surface area contributed by atoms with E-state index >= 15 is 0 Å². The predicted octanol–water partition coefficient (Wildman–Crippen LogP) is 4.46. The largest absolute Gasteiger partial charge is 0.328 e. The summed E-state index contributed by atoms with van der Waals surface area (Å²) in [7, 11) is 0. The smallest absolute Gasteiger partial charge is 0.00394 e. The lowest BCUT2D eigenvalue weighted by molar-refractivity contribution is 0.541. The van der Waals surface area contributed by atoms with Crippen molar-refractivity contribution in [2.75, 3.05) is 0 Å². The van der Waals surface area contributed by atoms with Gasteiger partial charge in [0.1, 0.15) is 0 Å². The molecular formula is C14H30N. The number of hydrogen-bond acceptors (Lipinski definition) is 1. The van der Waals surface area contributed by atoms with E-state index in [4.69, 9.17) is 5.73 Å². The molecule has 0 amide bonds. The maximum atomic E-state index is 5.59. The molecular weight excluding hydrogens is 182 g/mol. The Balaban J connectivity index is 2.87. The molecule has 0 aliphatic rings. The molecule has 1 unspecified atom stereocenters. The molecule has 0 aromatic rings. The van der Waals surface area contributed by atoms with Gasteiger partial charge >= 0.3 is 0 Å². The molecule has 2 N–H and O–H groups in total. The van der Waals surface area contributed by atoms with Gasteiger partial charge in [-0.15, -0.1) is 0 Å². The second kappa shape index (κ2) is 12.0. The maximum absolute atomic E-state index is 5.59. The van der Waals surface area contributed by atoms with E-state index in [1.165, 1.54) is 64.2 Å². The first-order valence-corrected chi connectivity index (χ1v) is 6.86. The summed E-state index contributed by atoms with van der Waals surface area (Å²) < 4.78 is 0. The summed E-state index contributed by atoms with van der Waals surface area (Å²) in [5, 5.41) is 0. The molecule has 91 valence electrons. The first-order valence-electron chi connectivity index (χ1n) is 6.86. The highest BCUT2D eigenvalue weighted by Crippen LogP contribution is 2.11. The SMILES string of the molecule is [CH2]C(N)CCCCCCCCCCCC. The zero-order chi connectivity index (χ0) is 11.4. The average Bonchev–Trinajstić information content (AvgIpc) is 2.20. The highest BCUT2D eigenvalue weighted by Gasteiger charge is 1.95. The molecule has 0 bridgehead atoms. The Hall–Kier alpha value is -0.0400. The van der Waals surface area contributed by atoms with Crippen LogP contribution in [0.2, 0.25) is 0 Å². The van der Waals surface area contributed by atoms with E-state index in [0.717, 1.165) is 6.42 Å². The molecule has 0 aromatic carbocycles. The van der Waals surface area contributed by atoms with Crippen LogP contribution < -0.4 is 5.73 Å². The van der Waals surface area contributed by atoms with Crippen LogP contribution in [0.15, 0.2) is 0 Å². The lowest BCUT2D eigenvalue weighted by atomic mass is 10.0. The van der Waals surface area contributed by atoms with E-state index in [-0.39, 0.29) is 6.04 Å². The van der Waals surface area contributed by atoms with Gasteiger partial charge in [0.15, 0.2) is 0 Å². The van der Waals surface area contributed by atoms with Crippen molar-refractivity contribution in [3.63, 3.8) is 0 Å². The quantitative estimate of drug-likeness (QED) is 0.503. The number of nitrogens with two attached hydrogens (primary N) is 1. The van der Waals surface area contributed by atoms with Gasteiger partial charge in [-0.1, -0.05) is 71.1 Å². The van der Waals surface area contributed by atoms with Crippen LogP contribution in [0.4, 0.5) is 0 Å². The lowest BCUT2D eigenvalue weighted by Crippen LogP contribution is -2.14. The zero-order valence-electron chi connectivity index (χ0n) is 10.6. The van der Waals surface area contributed by atoms with Crippen LogP contribution in [0, 0.1) is 6.92 Å². The molecule has 1 radical (unpaired) electrons. The van der Waals surface area contributed by atoms with Crippen LogP contribution in [0.3, 0.4) is 0 Å². The Morgan fingerprint density at radius 2 is 1.20 bits per heavy atom. The van der Waals surface area contributed by atoms with Gasteiger partial charge in [0, 0.05) is 6.04 Å². The van der Waals surface area contributed by atoms with Gasteiger partial charge in [-0.25, -0.2) is 0 Å². The molecule has 1 heteroatoms. The van der Waals surface area contributed by atoms with Crippen LogP contribution in [-0.4, -0.2) is 6.04 Å². The molecule has 0 heterocycles. The monoisotopic (exact) mass is 212 g/mol. The molecule has 0 spiro atoms. The summed E-state index contributed by atoms with van der Waals surface area (Å²) in [6, 6.07) is 0.152. The Morgan fingerprint density at radius 1 is 0.800 bits per heavy atom. The van der Waals surface area contributed by atoms with E-state index in [2.05, 4.69) is 13.8 Å². The zero-order valence-corrected chi connectivity index (χ0v) is 10.6. The predicted molar refractivity (Wildman–Crippen MR) is 69.8 cm³/mol. The van der Waals surface area contributed by atoms with Crippen molar-refractivity contribution in [1.82, 2.24) is 0 Å². The molecule has 1 nitrogen and oxygen atoms in total. The Bertz CT molecular complexity index is 110. The Kier molecular flexibility index (Phi) is 12.0. The molecule has 0 aliphatic heterocycles. The summed E-state index contributed by atoms with van der Waals surface area (Å²) in [6.45, 7) is 6.06. The van der Waals surface area contributed by atoms with Crippen LogP contribution in [-0.2, 0) is 0 Å². The second-order valence-corrected chi connectivity index (χ2v) is 4.73. The summed E-state index contributed by atoms with van der Waals surface area (Å²) in [4.78, 5) is 0. The highest BCUT2D eigenvalue weighted by molar-refractivity contribution is 4.62. The van der Waals surface area contributed by atoms with Gasteiger partial charge in [0.2, 0.25) is 0 Å². The van der Waals surface area contributed by atoms with Crippen molar-refractivity contribution in [1.29, 1.82) is 0 Å². The topological polar surface area (TPSA) is 26.0 Å². The average molecular weight is 212 g/mol. The van der Waals surface area contributed by atoms with Gasteiger partial charge < -0.3 is 5.73 Å². The van der Waals surface area contributed by atoms with Crippen LogP contribution in [0.25, 0.3) is 0 Å². The number of unbranched alkanes of at least 4 members (excludes halogenated alkanes) is 9. The summed E-state index contributed by atoms with van der Waals surface area (Å²) in [5.74, 6) is 0. The van der Waals surface area contributed by atoms with Crippen molar-refractivity contribution < 1.29 is 0 Å². The summed E-state index contributed by atoms with van der Waals surface area (Å²) >= 11 is 0. The highest BCUT2D eigenvalue weighted by atomic mass is 14.6. The van der Waals surface area contributed by atoms with E-state index in [9.17, 15) is 0 Å². The van der Waals surface area contributed by atoms with E-state index in [0.29, 0.717) is 0 Å². The van der Waals surface area contributed by atoms with Crippen molar-refractivity contribution in [2.45, 2.75) is 83.6 Å². The van der Waals surface area contributed by atoms with Gasteiger partial charge in [0.05, 0.1) is 0 Å². The molecule has 1 atom stereocenters. The fraction of sp³-hybridized carbons (Fsp3) is 0.929. The van der Waals surface area contributed by atoms with Gasteiger partial charge in [-0.3, -0.25) is 0 Å². The van der Waals surface area contributed by atoms with Gasteiger partial charge in [-0.2, -0.15) is 0 Å². The first kappa shape index (κ1) is 15.0. The molecule has 0 rings (SSSR count). The van der Waals surface area contributed by atoms with E-state index in [1.807, 2.05) is 0 Å². The first-order chi connectivity index (χ1) is 7.27. The van der Waals surface area contributed by atoms with Crippen LogP contribution in [0.1, 0.15) is 77.6 Å². The minimum Gasteiger partial charge on any atom is -0.328 e. The molecule has 0 aliphatic carbocycles. The standard InChI is InChI=1S/C14H30N/c1-3-4-5-6-7-8-9-10-11-12-13-14(2)15/h14H,2-13,15H2,1H3. The minimum absolute atomic E-state index is 0.152. The third-order valence-electron chi connectivity index (χ3n) is 2.93. The van der Waals surface area contributed by atoms with Gasteiger partial charge in [0.25, 0.3) is 0 Å². The van der Waals surface area contributed by atoms with Crippen molar-refractivity contribution in [2.24, 2.45) is 5.73 Å². The fourth-order valence-corrected chi connectivity index (χ4v) is 1.89. The molecule has 0 saturated heterocycles. The molecule has 0 saturated carbocycles. The third kappa shape index (κ3) is 14.0. The van der Waals surface area contributed by atoms with Crippen molar-refractivity contribution >= 4 is 0 Å². The lowest BCUT2D eigenvalue weighted by Gasteiger charge is -2.04. The molecule has 0 fully saturated rings. The van der Waals surface area contributed by atoms with Crippen LogP contribution in [0.5, 0.6) is 0 Å². The Labute approximate surface area is 96.8 Å². The fourth-order valence-electron chi connectivity index (χ4n) is 1.89. The van der Waals surface area contributed by atoms with Crippen LogP contribution >= 0.6 is 0 Å². The van der Waals surface area contributed by atoms with E-state index in [1.54, 1.807) is 0 Å². The number of rotatable bonds is 11. The van der Waals surface area contributed by atoms with Crippen molar-refractivity contribution in [3.05, 3.63) is 6.92 Å². The molecule has 0 aromatic heterocycles. The maximum Gasteiger partial charge on any atom is 0.00394 e. The third-order valence-corrected chi connectivity index (χ3v) is 2.93. The normalized spacial score (nSPS) is 13.0. The summed E-state index contributed by atoms with van der Waals surface area (Å²) in [5.41, 5.74) is 5.59. The summed E-state index contributed by atoms with van der Waals surface area (Å²) in [6.07, 6.45) is 15.0. The van der Waals surface area contributed by atoms with Gasteiger partial charge in [-0.05, 0) is 13.3 Å².